The molecule has 2 atom stereocenters. The first-order valence-corrected chi connectivity index (χ1v) is 16.0. The van der Waals surface area contributed by atoms with Crippen molar-refractivity contribution >= 4 is 103 Å². The highest BCUT2D eigenvalue weighted by molar-refractivity contribution is 14.1. The van der Waals surface area contributed by atoms with E-state index in [-0.39, 0.29) is 58.3 Å². The number of carbonyl (C=O) groups is 5. The fraction of sp³-hybridized carbons (Fsp3) is 0.346. The maximum atomic E-state index is 13.0. The number of carbonyl (C=O) groups excluding carboxylic acids is 5. The molecule has 16 nitrogen and oxygen atoms in total. The van der Waals surface area contributed by atoms with Gasteiger partial charge in [-0.05, 0) is 86.0 Å². The fourth-order valence-corrected chi connectivity index (χ4v) is 8.11. The van der Waals surface area contributed by atoms with Gasteiger partial charge in [0.25, 0.3) is 17.7 Å². The SMILES string of the molecule is NC(=O)c1cccc(C(N)=O)c1.O=C(NCC(O)CO)c1c(I)c(C(=O)NCC(O)CO)c(I)c(N(CCO)C(=O)CO)c1I. The van der Waals surface area contributed by atoms with Crippen LogP contribution >= 0.6 is 67.8 Å². The molecule has 0 radical (unpaired) electrons. The number of amides is 5. The average Bonchev–Trinajstić information content (AvgIpc) is 3.01. The summed E-state index contributed by atoms with van der Waals surface area (Å²) in [4.78, 5) is 60.6. The van der Waals surface area contributed by atoms with E-state index in [0.717, 1.165) is 4.90 Å². The van der Waals surface area contributed by atoms with Crippen molar-refractivity contribution in [2.75, 3.05) is 51.0 Å². The maximum Gasteiger partial charge on any atom is 0.253 e. The molecule has 248 valence electrons. The molecule has 0 fully saturated rings. The number of benzene rings is 2. The van der Waals surface area contributed by atoms with Crippen molar-refractivity contribution in [2.45, 2.75) is 12.2 Å². The van der Waals surface area contributed by atoms with Crippen LogP contribution in [0.25, 0.3) is 0 Å². The number of halogens is 3. The minimum absolute atomic E-state index is 0.00158. The van der Waals surface area contributed by atoms with Crippen molar-refractivity contribution < 1.29 is 54.6 Å². The summed E-state index contributed by atoms with van der Waals surface area (Å²) in [5, 5.41) is 60.8. The summed E-state index contributed by atoms with van der Waals surface area (Å²) in [5.41, 5.74) is 10.7. The Hall–Kier alpha value is -2.26. The van der Waals surface area contributed by atoms with Crippen LogP contribution in [0.3, 0.4) is 0 Å². The lowest BCUT2D eigenvalue weighted by atomic mass is 10.1. The molecule has 19 heteroatoms. The summed E-state index contributed by atoms with van der Waals surface area (Å²) in [6.07, 6.45) is -2.42. The summed E-state index contributed by atoms with van der Waals surface area (Å²) >= 11 is 5.41. The highest BCUT2D eigenvalue weighted by Gasteiger charge is 2.32. The van der Waals surface area contributed by atoms with Crippen molar-refractivity contribution in [3.8, 4) is 0 Å². The zero-order valence-corrected chi connectivity index (χ0v) is 29.8. The predicted octanol–water partition coefficient (Wildman–Crippen LogP) is -2.13. The molecule has 0 saturated carbocycles. The topological polar surface area (TPSA) is 286 Å². The molecule has 0 saturated heterocycles. The monoisotopic (exact) mass is 971 g/mol. The Balaban J connectivity index is 0.000000701. The quantitative estimate of drug-likeness (QED) is 0.0914. The highest BCUT2D eigenvalue weighted by Crippen LogP contribution is 2.38. The Kier molecular flexibility index (Phi) is 18.2. The minimum Gasteiger partial charge on any atom is -0.395 e. The van der Waals surface area contributed by atoms with Gasteiger partial charge in [-0.15, -0.1) is 0 Å². The largest absolute Gasteiger partial charge is 0.395 e. The number of hydrogen-bond acceptors (Lipinski definition) is 11. The summed E-state index contributed by atoms with van der Waals surface area (Å²) < 4.78 is 0.705. The molecule has 12 N–H and O–H groups in total. The molecular formula is C26H32I3N5O11. The lowest BCUT2D eigenvalue weighted by Gasteiger charge is -2.27. The maximum absolute atomic E-state index is 13.0. The standard InChI is InChI=1S/C18H24I3N3O9.C8H8N2O2/c19-13-11(17(32)22-3-8(29)5-26)14(20)16(24(1-2-25)10(31)7-28)15(21)12(13)18(33)23-4-9(30)6-27;9-7(11)5-2-1-3-6(4-5)8(10)12/h8-9,25-30H,1-7H2,(H,22,32)(H,23,33);1-4H,(H2,9,11)(H2,10,12). The second kappa shape index (κ2) is 20.1. The van der Waals surface area contributed by atoms with Crippen LogP contribution in [0.2, 0.25) is 0 Å². The highest BCUT2D eigenvalue weighted by atomic mass is 127. The van der Waals surface area contributed by atoms with Gasteiger partial charge in [0.2, 0.25) is 11.8 Å². The average molecular weight is 971 g/mol. The molecule has 2 aromatic rings. The molecule has 0 aliphatic heterocycles. The van der Waals surface area contributed by atoms with E-state index < -0.39 is 68.2 Å². The van der Waals surface area contributed by atoms with E-state index in [4.69, 9.17) is 21.7 Å². The van der Waals surface area contributed by atoms with Crippen molar-refractivity contribution in [2.24, 2.45) is 11.5 Å². The summed E-state index contributed by atoms with van der Waals surface area (Å²) in [6.45, 7) is -3.28. The second-order valence-electron chi connectivity index (χ2n) is 8.87. The van der Waals surface area contributed by atoms with Crippen LogP contribution in [-0.4, -0.2) is 118 Å². The number of nitrogens with two attached hydrogens (primary N) is 2. The van der Waals surface area contributed by atoms with E-state index >= 15 is 0 Å². The number of anilines is 1. The predicted molar refractivity (Wildman–Crippen MR) is 185 cm³/mol. The van der Waals surface area contributed by atoms with Crippen molar-refractivity contribution in [3.05, 3.63) is 57.2 Å². The summed E-state index contributed by atoms with van der Waals surface area (Å²) in [6, 6.07) is 5.97. The molecule has 45 heavy (non-hydrogen) atoms. The Bertz CT molecular complexity index is 1310. The van der Waals surface area contributed by atoms with E-state index in [0.29, 0.717) is 0 Å². The number of nitrogens with one attached hydrogen (secondary N) is 2. The Morgan fingerprint density at radius 1 is 0.756 bits per heavy atom. The van der Waals surface area contributed by atoms with Gasteiger partial charge in [0.05, 0.1) is 56.0 Å². The van der Waals surface area contributed by atoms with Gasteiger partial charge in [-0.25, -0.2) is 0 Å². The van der Waals surface area contributed by atoms with Gasteiger partial charge >= 0.3 is 0 Å². The van der Waals surface area contributed by atoms with Crippen molar-refractivity contribution in [1.29, 1.82) is 0 Å². The summed E-state index contributed by atoms with van der Waals surface area (Å²) in [5.74, 6) is -3.31. The third-order valence-corrected chi connectivity index (χ3v) is 8.81. The van der Waals surface area contributed by atoms with Crippen LogP contribution in [0.15, 0.2) is 24.3 Å². The zero-order valence-electron chi connectivity index (χ0n) is 23.4. The smallest absolute Gasteiger partial charge is 0.253 e. The third-order valence-electron chi connectivity index (χ3n) is 5.63. The van der Waals surface area contributed by atoms with E-state index in [2.05, 4.69) is 10.6 Å². The number of aliphatic hydroxyl groups excluding tert-OH is 6. The van der Waals surface area contributed by atoms with Gasteiger partial charge in [0.1, 0.15) is 6.61 Å². The molecule has 0 aliphatic carbocycles. The number of hydrogen-bond donors (Lipinski definition) is 10. The number of nitrogens with zero attached hydrogens (tertiary/aromatic N) is 1. The molecule has 5 amide bonds. The Morgan fingerprint density at radius 3 is 1.51 bits per heavy atom. The van der Waals surface area contributed by atoms with Crippen LogP contribution < -0.4 is 27.0 Å². The van der Waals surface area contributed by atoms with Crippen LogP contribution in [0, 0.1) is 10.7 Å². The summed E-state index contributed by atoms with van der Waals surface area (Å²) in [7, 11) is 0. The first-order valence-electron chi connectivity index (χ1n) is 12.7. The zero-order chi connectivity index (χ0) is 34.4. The normalized spacial score (nSPS) is 11.8. The van der Waals surface area contributed by atoms with Gasteiger partial charge in [0.15, 0.2) is 0 Å². The second-order valence-corrected chi connectivity index (χ2v) is 12.1. The van der Waals surface area contributed by atoms with E-state index in [1.165, 1.54) is 18.2 Å². The Labute approximate surface area is 298 Å². The first-order chi connectivity index (χ1) is 21.2. The van der Waals surface area contributed by atoms with Gasteiger partial charge < -0.3 is 57.6 Å². The lowest BCUT2D eigenvalue weighted by Crippen LogP contribution is -2.40. The lowest BCUT2D eigenvalue weighted by molar-refractivity contribution is -0.121. The van der Waals surface area contributed by atoms with Gasteiger partial charge in [-0.3, -0.25) is 24.0 Å². The molecule has 0 spiro atoms. The van der Waals surface area contributed by atoms with Gasteiger partial charge in [0, 0.05) is 34.3 Å². The first kappa shape index (κ1) is 40.8. The molecule has 0 aliphatic rings. The van der Waals surface area contributed by atoms with E-state index in [1.54, 1.807) is 28.7 Å². The van der Waals surface area contributed by atoms with E-state index in [1.807, 2.05) is 45.2 Å². The molecule has 0 heterocycles. The third kappa shape index (κ3) is 11.8. The number of primary amides is 2. The van der Waals surface area contributed by atoms with Crippen LogP contribution in [-0.2, 0) is 4.79 Å². The minimum atomic E-state index is -1.21. The molecular weight excluding hydrogens is 939 g/mol. The number of rotatable bonds is 14. The molecule has 2 aromatic carbocycles. The van der Waals surface area contributed by atoms with Crippen molar-refractivity contribution in [1.82, 2.24) is 10.6 Å². The fourth-order valence-electron chi connectivity index (χ4n) is 3.39. The molecule has 2 rings (SSSR count). The van der Waals surface area contributed by atoms with Gasteiger partial charge in [-0.1, -0.05) is 6.07 Å². The Morgan fingerprint density at radius 2 is 1.18 bits per heavy atom. The molecule has 2 unspecified atom stereocenters. The van der Waals surface area contributed by atoms with Crippen molar-refractivity contribution in [3.63, 3.8) is 0 Å². The van der Waals surface area contributed by atoms with Crippen LogP contribution in [0.1, 0.15) is 41.4 Å². The van der Waals surface area contributed by atoms with Crippen LogP contribution in [0.4, 0.5) is 5.69 Å². The van der Waals surface area contributed by atoms with Gasteiger partial charge in [-0.2, -0.15) is 0 Å². The van der Waals surface area contributed by atoms with E-state index in [9.17, 15) is 44.4 Å². The molecule has 0 bridgehead atoms. The number of aliphatic hydroxyl groups is 6. The molecule has 0 aromatic heterocycles. The van der Waals surface area contributed by atoms with Crippen LogP contribution in [0.5, 0.6) is 0 Å².